The summed E-state index contributed by atoms with van der Waals surface area (Å²) in [7, 11) is -2.14. The first kappa shape index (κ1) is 25.4. The molecule has 2 fully saturated rings. The van der Waals surface area contributed by atoms with Crippen LogP contribution in [0.3, 0.4) is 0 Å². The maximum Gasteiger partial charge on any atom is 0.257 e. The van der Waals surface area contributed by atoms with Gasteiger partial charge in [0.05, 0.1) is 17.6 Å². The lowest BCUT2D eigenvalue weighted by atomic mass is 10.1. The van der Waals surface area contributed by atoms with E-state index >= 15 is 0 Å². The van der Waals surface area contributed by atoms with Crippen molar-refractivity contribution >= 4 is 22.0 Å². The van der Waals surface area contributed by atoms with Crippen molar-refractivity contribution in [3.05, 3.63) is 65.7 Å². The summed E-state index contributed by atoms with van der Waals surface area (Å²) < 4.78 is 33.6. The lowest BCUT2D eigenvalue weighted by molar-refractivity contribution is 0.0647. The monoisotopic (exact) mass is 497 g/mol. The summed E-state index contributed by atoms with van der Waals surface area (Å²) in [4.78, 5) is 17.7. The number of carbonyl (C=O) groups is 1. The summed E-state index contributed by atoms with van der Waals surface area (Å²) in [5, 5.41) is 0. The predicted molar refractivity (Wildman–Crippen MR) is 138 cm³/mol. The van der Waals surface area contributed by atoms with Crippen LogP contribution >= 0.6 is 0 Å². The highest BCUT2D eigenvalue weighted by Crippen LogP contribution is 2.27. The molecule has 0 N–H and O–H groups in total. The van der Waals surface area contributed by atoms with Crippen molar-refractivity contribution in [3.63, 3.8) is 0 Å². The van der Waals surface area contributed by atoms with Crippen LogP contribution in [-0.2, 0) is 10.0 Å². The summed E-state index contributed by atoms with van der Waals surface area (Å²) in [6, 6.07) is 14.8. The molecule has 0 aromatic heterocycles. The van der Waals surface area contributed by atoms with Crippen molar-refractivity contribution in [2.75, 3.05) is 52.9 Å². The number of ether oxygens (including phenoxy) is 1. The van der Waals surface area contributed by atoms with Crippen molar-refractivity contribution < 1.29 is 17.9 Å². The van der Waals surface area contributed by atoms with Crippen LogP contribution in [0.1, 0.15) is 41.6 Å². The molecular formula is C27H35N3O4S. The van der Waals surface area contributed by atoms with Crippen molar-refractivity contribution in [1.82, 2.24) is 14.1 Å². The minimum atomic E-state index is -3.65. The molecule has 0 radical (unpaired) electrons. The minimum absolute atomic E-state index is 0.160. The maximum absolute atomic E-state index is 13.4. The Balaban J connectivity index is 1.42. The van der Waals surface area contributed by atoms with E-state index < -0.39 is 10.0 Å². The first-order valence-electron chi connectivity index (χ1n) is 12.4. The van der Waals surface area contributed by atoms with E-state index in [0.29, 0.717) is 37.5 Å². The molecule has 1 amide bonds. The summed E-state index contributed by atoms with van der Waals surface area (Å²) >= 11 is 0. The van der Waals surface area contributed by atoms with Gasteiger partial charge < -0.3 is 9.64 Å². The molecule has 0 spiro atoms. The second kappa shape index (κ2) is 11.8. The van der Waals surface area contributed by atoms with Crippen molar-refractivity contribution in [3.8, 4) is 5.75 Å². The average molecular weight is 498 g/mol. The van der Waals surface area contributed by atoms with Crippen LogP contribution in [0.15, 0.2) is 59.5 Å². The fourth-order valence-electron chi connectivity index (χ4n) is 4.65. The van der Waals surface area contributed by atoms with E-state index in [1.54, 1.807) is 21.3 Å². The van der Waals surface area contributed by atoms with E-state index in [1.807, 2.05) is 18.2 Å². The van der Waals surface area contributed by atoms with Gasteiger partial charge in [0.2, 0.25) is 10.0 Å². The van der Waals surface area contributed by atoms with Crippen LogP contribution < -0.4 is 4.74 Å². The molecule has 0 aliphatic carbocycles. The van der Waals surface area contributed by atoms with E-state index in [4.69, 9.17) is 4.74 Å². The molecule has 2 aliphatic heterocycles. The van der Waals surface area contributed by atoms with Gasteiger partial charge in [0.15, 0.2) is 0 Å². The molecule has 2 saturated heterocycles. The Labute approximate surface area is 209 Å². The third kappa shape index (κ3) is 6.31. The Morgan fingerprint density at radius 1 is 0.914 bits per heavy atom. The molecule has 35 heavy (non-hydrogen) atoms. The highest BCUT2D eigenvalue weighted by Gasteiger charge is 2.29. The number of piperazine rings is 1. The van der Waals surface area contributed by atoms with E-state index in [2.05, 4.69) is 29.2 Å². The molecule has 4 rings (SSSR count). The molecule has 2 aromatic rings. The van der Waals surface area contributed by atoms with Crippen molar-refractivity contribution in [2.45, 2.75) is 30.6 Å². The normalized spacial score (nSPS) is 18.5. The van der Waals surface area contributed by atoms with E-state index in [9.17, 15) is 13.2 Å². The highest BCUT2D eigenvalue weighted by atomic mass is 32.2. The molecule has 2 heterocycles. The van der Waals surface area contributed by atoms with E-state index in [-0.39, 0.29) is 10.8 Å². The Bertz CT molecular complexity index is 1120. The molecule has 0 bridgehead atoms. The molecule has 0 unspecified atom stereocenters. The first-order valence-corrected chi connectivity index (χ1v) is 13.8. The molecule has 2 aromatic carbocycles. The topological polar surface area (TPSA) is 70.2 Å². The van der Waals surface area contributed by atoms with Crippen molar-refractivity contribution in [2.24, 2.45) is 0 Å². The fraction of sp³-hybridized carbons (Fsp3) is 0.444. The Morgan fingerprint density at radius 2 is 1.60 bits per heavy atom. The lowest BCUT2D eigenvalue weighted by Crippen LogP contribution is -2.48. The number of nitrogens with zero attached hydrogens (tertiary/aromatic N) is 3. The SMILES string of the molecule is COc1ccc(S(=O)(=O)N2CCCCCC2)cc1C(=O)N1CCN(C/C=C/c2ccccc2)CC1. The molecule has 0 atom stereocenters. The van der Waals surface area contributed by atoms with E-state index in [1.165, 1.54) is 18.7 Å². The van der Waals surface area contributed by atoms with Crippen molar-refractivity contribution in [1.29, 1.82) is 0 Å². The van der Waals surface area contributed by atoms with Crippen LogP contribution in [0, 0.1) is 0 Å². The average Bonchev–Trinajstić information content (AvgIpc) is 3.19. The smallest absolute Gasteiger partial charge is 0.257 e. The minimum Gasteiger partial charge on any atom is -0.496 e. The van der Waals surface area contributed by atoms with Gasteiger partial charge in [0.1, 0.15) is 5.75 Å². The lowest BCUT2D eigenvalue weighted by Gasteiger charge is -2.34. The number of hydrogen-bond acceptors (Lipinski definition) is 5. The quantitative estimate of drug-likeness (QED) is 0.583. The standard InChI is InChI=1S/C27H35N3O4S/c1-34-26-14-13-24(35(32,33)30-16-7-2-3-8-17-30)22-25(26)27(31)29-20-18-28(19-21-29)15-9-12-23-10-5-4-6-11-23/h4-6,9-14,22H,2-3,7-8,15-21H2,1H3/b12-9+. The predicted octanol–water partition coefficient (Wildman–Crippen LogP) is 3.73. The zero-order chi connectivity index (χ0) is 24.7. The number of methoxy groups -OCH3 is 1. The number of hydrogen-bond donors (Lipinski definition) is 0. The van der Waals surface area contributed by atoms with Gasteiger partial charge in [0.25, 0.3) is 5.91 Å². The van der Waals surface area contributed by atoms with E-state index in [0.717, 1.165) is 45.3 Å². The second-order valence-electron chi connectivity index (χ2n) is 9.09. The second-order valence-corrected chi connectivity index (χ2v) is 11.0. The zero-order valence-electron chi connectivity index (χ0n) is 20.4. The highest BCUT2D eigenvalue weighted by molar-refractivity contribution is 7.89. The molecular weight excluding hydrogens is 462 g/mol. The number of rotatable bonds is 7. The number of sulfonamides is 1. The van der Waals surface area contributed by atoms with Gasteiger partial charge in [0, 0.05) is 45.8 Å². The van der Waals surface area contributed by atoms with Gasteiger partial charge in [-0.25, -0.2) is 8.42 Å². The number of carbonyl (C=O) groups excluding carboxylic acids is 1. The third-order valence-electron chi connectivity index (χ3n) is 6.74. The van der Waals surface area contributed by atoms with Crippen LogP contribution in [0.4, 0.5) is 0 Å². The van der Waals surface area contributed by atoms with Gasteiger partial charge in [-0.3, -0.25) is 9.69 Å². The molecule has 2 aliphatic rings. The summed E-state index contributed by atoms with van der Waals surface area (Å²) in [6.07, 6.45) is 8.09. The zero-order valence-corrected chi connectivity index (χ0v) is 21.3. The van der Waals surface area contributed by atoms with Crippen LogP contribution in [0.2, 0.25) is 0 Å². The first-order chi connectivity index (χ1) is 17.0. The Kier molecular flexibility index (Phi) is 8.59. The largest absolute Gasteiger partial charge is 0.496 e. The van der Waals surface area contributed by atoms with Gasteiger partial charge in [-0.2, -0.15) is 4.31 Å². The van der Waals surface area contributed by atoms with Crippen LogP contribution in [-0.4, -0.2) is 81.4 Å². The van der Waals surface area contributed by atoms with Crippen LogP contribution in [0.25, 0.3) is 6.08 Å². The third-order valence-corrected chi connectivity index (χ3v) is 8.63. The number of amides is 1. The molecule has 7 nitrogen and oxygen atoms in total. The Morgan fingerprint density at radius 3 is 2.26 bits per heavy atom. The fourth-order valence-corrected chi connectivity index (χ4v) is 6.20. The Hall–Kier alpha value is -2.68. The van der Waals surface area contributed by atoms with Gasteiger partial charge in [-0.15, -0.1) is 0 Å². The number of benzene rings is 2. The summed E-state index contributed by atoms with van der Waals surface area (Å²) in [5.74, 6) is 0.215. The maximum atomic E-state index is 13.4. The van der Waals surface area contributed by atoms with Crippen LogP contribution in [0.5, 0.6) is 5.75 Å². The summed E-state index contributed by atoms with van der Waals surface area (Å²) in [5.41, 5.74) is 1.48. The molecule has 0 saturated carbocycles. The summed E-state index contributed by atoms with van der Waals surface area (Å²) in [6.45, 7) is 4.58. The molecule has 8 heteroatoms. The molecule has 188 valence electrons. The van der Waals surface area contributed by atoms with Gasteiger partial charge in [-0.05, 0) is 36.6 Å². The van der Waals surface area contributed by atoms with Gasteiger partial charge >= 0.3 is 0 Å². The van der Waals surface area contributed by atoms with Gasteiger partial charge in [-0.1, -0.05) is 55.3 Å².